The van der Waals surface area contributed by atoms with Gasteiger partial charge in [-0.3, -0.25) is 0 Å². The summed E-state index contributed by atoms with van der Waals surface area (Å²) in [5.41, 5.74) is 0. The van der Waals surface area contributed by atoms with E-state index in [0.717, 1.165) is 18.9 Å². The highest BCUT2D eigenvalue weighted by atomic mass is 16.6. The Morgan fingerprint density at radius 3 is 2.41 bits per heavy atom. The molecule has 0 bridgehead atoms. The van der Waals surface area contributed by atoms with Crippen molar-refractivity contribution in [2.75, 3.05) is 6.61 Å². The van der Waals surface area contributed by atoms with Crippen LogP contribution >= 0.6 is 0 Å². The van der Waals surface area contributed by atoms with Gasteiger partial charge in [0.25, 0.3) is 0 Å². The third-order valence-corrected chi connectivity index (χ3v) is 3.85. The third kappa shape index (κ3) is 10.8. The molecule has 0 rings (SSSR count). The van der Waals surface area contributed by atoms with Crippen LogP contribution in [0, 0.1) is 0 Å². The topological polar surface area (TPSA) is 55.8 Å². The molecule has 4 heteroatoms. The molecule has 0 fully saturated rings. The number of aliphatic hydroxyl groups excluding tert-OH is 1. The molecule has 4 nitrogen and oxygen atoms in total. The van der Waals surface area contributed by atoms with Crippen LogP contribution in [-0.4, -0.2) is 36.0 Å². The number of esters is 1. The van der Waals surface area contributed by atoms with Gasteiger partial charge in [0.2, 0.25) is 0 Å². The van der Waals surface area contributed by atoms with Gasteiger partial charge in [0, 0.05) is 6.08 Å². The number of rotatable bonds is 14. The van der Waals surface area contributed by atoms with Gasteiger partial charge in [-0.2, -0.15) is 0 Å². The number of ether oxygens (including phenoxy) is 2. The molecule has 3 atom stereocenters. The van der Waals surface area contributed by atoms with Crippen LogP contribution in [0.5, 0.6) is 0 Å². The minimum atomic E-state index is -0.803. The molecule has 0 aliphatic rings. The Morgan fingerprint density at radius 2 is 1.82 bits per heavy atom. The maximum atomic E-state index is 11.1. The molecule has 0 radical (unpaired) electrons. The molecule has 0 aromatic heterocycles. The van der Waals surface area contributed by atoms with Gasteiger partial charge in [0.15, 0.2) is 0 Å². The van der Waals surface area contributed by atoms with Crippen molar-refractivity contribution in [3.05, 3.63) is 12.7 Å². The van der Waals surface area contributed by atoms with E-state index in [1.165, 1.54) is 38.5 Å². The van der Waals surface area contributed by atoms with Crippen molar-refractivity contribution in [3.8, 4) is 0 Å². The first kappa shape index (κ1) is 21.1. The molecule has 130 valence electrons. The Balaban J connectivity index is 3.83. The Bertz CT molecular complexity index is 291. The van der Waals surface area contributed by atoms with Crippen LogP contribution in [0.25, 0.3) is 0 Å². The Kier molecular flexibility index (Phi) is 13.2. The van der Waals surface area contributed by atoms with Gasteiger partial charge in [-0.15, -0.1) is 0 Å². The van der Waals surface area contributed by atoms with Crippen LogP contribution in [0.4, 0.5) is 0 Å². The van der Waals surface area contributed by atoms with Crippen molar-refractivity contribution in [3.63, 3.8) is 0 Å². The van der Waals surface area contributed by atoms with Crippen molar-refractivity contribution in [1.29, 1.82) is 0 Å². The molecule has 0 aromatic carbocycles. The highest BCUT2D eigenvalue weighted by Gasteiger charge is 2.19. The molecule has 0 aromatic rings. The van der Waals surface area contributed by atoms with E-state index in [4.69, 9.17) is 9.47 Å². The summed E-state index contributed by atoms with van der Waals surface area (Å²) >= 11 is 0. The molecular formula is C18H34O4. The van der Waals surface area contributed by atoms with E-state index in [-0.39, 0.29) is 12.7 Å². The van der Waals surface area contributed by atoms with E-state index in [9.17, 15) is 9.90 Å². The molecule has 0 saturated heterocycles. The lowest BCUT2D eigenvalue weighted by atomic mass is 10.1. The first-order valence-corrected chi connectivity index (χ1v) is 8.67. The van der Waals surface area contributed by atoms with E-state index in [0.29, 0.717) is 0 Å². The highest BCUT2D eigenvalue weighted by molar-refractivity contribution is 5.81. The van der Waals surface area contributed by atoms with E-state index in [1.54, 1.807) is 6.92 Å². The first-order valence-electron chi connectivity index (χ1n) is 8.67. The molecule has 0 spiro atoms. The van der Waals surface area contributed by atoms with Crippen molar-refractivity contribution in [2.45, 2.75) is 90.4 Å². The number of unbranched alkanes of at least 4 members (excludes halogenated alkanes) is 5. The molecule has 0 amide bonds. The van der Waals surface area contributed by atoms with Gasteiger partial charge in [-0.05, 0) is 19.8 Å². The number of hydrogen-bond donors (Lipinski definition) is 1. The average molecular weight is 314 g/mol. The summed E-state index contributed by atoms with van der Waals surface area (Å²) in [5.74, 6) is -0.523. The number of aliphatic hydroxyl groups is 1. The van der Waals surface area contributed by atoms with Crippen LogP contribution in [0.3, 0.4) is 0 Å². The third-order valence-electron chi connectivity index (χ3n) is 3.85. The SMILES string of the molecule is C=CC(=O)OC(C)C(O)COC(CC)CCCCCCCC. The predicted octanol–water partition coefficient (Wildman–Crippen LogP) is 4.01. The summed E-state index contributed by atoms with van der Waals surface area (Å²) in [6.07, 6.45) is 9.45. The summed E-state index contributed by atoms with van der Waals surface area (Å²) in [7, 11) is 0. The molecule has 0 aliphatic carbocycles. The first-order chi connectivity index (χ1) is 10.5. The van der Waals surface area contributed by atoms with Gasteiger partial charge in [-0.1, -0.05) is 59.0 Å². The summed E-state index contributed by atoms with van der Waals surface area (Å²) in [5, 5.41) is 9.94. The normalized spacial score (nSPS) is 15.1. The molecule has 1 N–H and O–H groups in total. The van der Waals surface area contributed by atoms with E-state index in [1.807, 2.05) is 0 Å². The summed E-state index contributed by atoms with van der Waals surface area (Å²) in [6, 6.07) is 0. The monoisotopic (exact) mass is 314 g/mol. The second kappa shape index (κ2) is 13.8. The van der Waals surface area contributed by atoms with E-state index < -0.39 is 18.2 Å². The lowest BCUT2D eigenvalue weighted by Gasteiger charge is -2.22. The minimum Gasteiger partial charge on any atom is -0.457 e. The van der Waals surface area contributed by atoms with Gasteiger partial charge < -0.3 is 14.6 Å². The van der Waals surface area contributed by atoms with Crippen molar-refractivity contribution >= 4 is 5.97 Å². The second-order valence-corrected chi connectivity index (χ2v) is 5.83. The van der Waals surface area contributed by atoms with Crippen molar-refractivity contribution in [1.82, 2.24) is 0 Å². The smallest absolute Gasteiger partial charge is 0.330 e. The van der Waals surface area contributed by atoms with Crippen LogP contribution in [0.2, 0.25) is 0 Å². The van der Waals surface area contributed by atoms with E-state index >= 15 is 0 Å². The maximum Gasteiger partial charge on any atom is 0.330 e. The lowest BCUT2D eigenvalue weighted by Crippen LogP contribution is -2.33. The van der Waals surface area contributed by atoms with E-state index in [2.05, 4.69) is 20.4 Å². The lowest BCUT2D eigenvalue weighted by molar-refractivity contribution is -0.150. The summed E-state index contributed by atoms with van der Waals surface area (Å²) in [6.45, 7) is 9.50. The fourth-order valence-corrected chi connectivity index (χ4v) is 2.24. The van der Waals surface area contributed by atoms with Crippen molar-refractivity contribution < 1.29 is 19.4 Å². The number of hydrogen-bond acceptors (Lipinski definition) is 4. The van der Waals surface area contributed by atoms with Crippen LogP contribution in [0.15, 0.2) is 12.7 Å². The average Bonchev–Trinajstić information content (AvgIpc) is 2.52. The van der Waals surface area contributed by atoms with Crippen LogP contribution < -0.4 is 0 Å². The fourth-order valence-electron chi connectivity index (χ4n) is 2.24. The zero-order valence-electron chi connectivity index (χ0n) is 14.6. The Morgan fingerprint density at radius 1 is 1.18 bits per heavy atom. The standard InChI is InChI=1S/C18H34O4/c1-5-8-9-10-11-12-13-16(6-2)21-14-17(19)15(4)22-18(20)7-3/h7,15-17,19H,3,5-6,8-14H2,1-2,4H3. The molecule has 22 heavy (non-hydrogen) atoms. The molecule has 0 aliphatic heterocycles. The van der Waals surface area contributed by atoms with Crippen LogP contribution in [-0.2, 0) is 14.3 Å². The Hall–Kier alpha value is -0.870. The van der Waals surface area contributed by atoms with Gasteiger partial charge >= 0.3 is 5.97 Å². The molecule has 0 saturated carbocycles. The fraction of sp³-hybridized carbons (Fsp3) is 0.833. The highest BCUT2D eigenvalue weighted by Crippen LogP contribution is 2.13. The largest absolute Gasteiger partial charge is 0.457 e. The molecule has 0 heterocycles. The van der Waals surface area contributed by atoms with Gasteiger partial charge in [0.05, 0.1) is 12.7 Å². The van der Waals surface area contributed by atoms with Gasteiger partial charge in [-0.25, -0.2) is 4.79 Å². The zero-order chi connectivity index (χ0) is 16.8. The zero-order valence-corrected chi connectivity index (χ0v) is 14.6. The summed E-state index contributed by atoms with van der Waals surface area (Å²) < 4.78 is 10.7. The maximum absolute atomic E-state index is 11.1. The Labute approximate surface area is 135 Å². The molecular weight excluding hydrogens is 280 g/mol. The number of carbonyl (C=O) groups excluding carboxylic acids is 1. The number of carbonyl (C=O) groups is 1. The quantitative estimate of drug-likeness (QED) is 0.299. The van der Waals surface area contributed by atoms with Crippen molar-refractivity contribution in [2.24, 2.45) is 0 Å². The summed E-state index contributed by atoms with van der Waals surface area (Å²) in [4.78, 5) is 11.1. The second-order valence-electron chi connectivity index (χ2n) is 5.83. The minimum absolute atomic E-state index is 0.170. The molecule has 3 unspecified atom stereocenters. The van der Waals surface area contributed by atoms with Crippen LogP contribution in [0.1, 0.15) is 72.1 Å². The van der Waals surface area contributed by atoms with Gasteiger partial charge in [0.1, 0.15) is 12.2 Å². The predicted molar refractivity (Wildman–Crippen MR) is 89.8 cm³/mol.